The molecule has 1 aliphatic heterocycles. The van der Waals surface area contributed by atoms with Gasteiger partial charge in [0.05, 0.1) is 5.92 Å². The third-order valence-corrected chi connectivity index (χ3v) is 3.89. The van der Waals surface area contributed by atoms with Gasteiger partial charge in [0, 0.05) is 24.7 Å². The first-order chi connectivity index (χ1) is 10.5. The summed E-state index contributed by atoms with van der Waals surface area (Å²) in [7, 11) is 0. The number of nitrogens with zero attached hydrogens (tertiary/aromatic N) is 2. The first-order valence-corrected chi connectivity index (χ1v) is 7.10. The van der Waals surface area contributed by atoms with Crippen LogP contribution in [-0.4, -0.2) is 40.1 Å². The van der Waals surface area contributed by atoms with Crippen molar-refractivity contribution in [1.29, 1.82) is 0 Å². The highest BCUT2D eigenvalue weighted by atomic mass is 16.5. The molecule has 1 fully saturated rings. The number of hydrogen-bond donors (Lipinski definition) is 1. The summed E-state index contributed by atoms with van der Waals surface area (Å²) in [5.74, 6) is -1.53. The van der Waals surface area contributed by atoms with Crippen molar-refractivity contribution < 1.29 is 19.2 Å². The van der Waals surface area contributed by atoms with Gasteiger partial charge in [-0.1, -0.05) is 35.0 Å². The monoisotopic (exact) mass is 300 g/mol. The molecule has 0 radical (unpaired) electrons. The van der Waals surface area contributed by atoms with Gasteiger partial charge in [-0.15, -0.1) is 0 Å². The maximum absolute atomic E-state index is 12.3. The summed E-state index contributed by atoms with van der Waals surface area (Å²) in [6.07, 6.45) is 0.472. The Kier molecular flexibility index (Phi) is 3.66. The molecule has 1 aromatic heterocycles. The van der Waals surface area contributed by atoms with Gasteiger partial charge in [-0.3, -0.25) is 9.59 Å². The predicted molar refractivity (Wildman–Crippen MR) is 78.3 cm³/mol. The maximum atomic E-state index is 12.3. The van der Waals surface area contributed by atoms with E-state index in [2.05, 4.69) is 5.16 Å². The van der Waals surface area contributed by atoms with E-state index in [1.807, 2.05) is 31.2 Å². The number of carboxylic acid groups (broad SMARTS) is 1. The molecule has 1 aromatic carbocycles. The normalized spacial score (nSPS) is 17.7. The average Bonchev–Trinajstić information content (AvgIpc) is 3.17. The summed E-state index contributed by atoms with van der Waals surface area (Å²) in [5.41, 5.74) is 2.61. The largest absolute Gasteiger partial charge is 0.481 e. The minimum Gasteiger partial charge on any atom is -0.481 e. The van der Waals surface area contributed by atoms with Crippen LogP contribution in [0.1, 0.15) is 22.5 Å². The lowest BCUT2D eigenvalue weighted by molar-refractivity contribution is -0.141. The Morgan fingerprint density at radius 2 is 2.05 bits per heavy atom. The van der Waals surface area contributed by atoms with Crippen molar-refractivity contribution in [2.75, 3.05) is 13.1 Å². The Balaban J connectivity index is 1.75. The molecule has 2 heterocycles. The number of carboxylic acids is 1. The zero-order valence-electron chi connectivity index (χ0n) is 12.2. The lowest BCUT2D eigenvalue weighted by atomic mass is 10.1. The standard InChI is InChI=1S/C16H16N2O4/c1-10-2-4-11(5-3-10)13-8-14(22-17-13)15(19)18-7-6-12(9-18)16(20)21/h2-5,8,12H,6-7,9H2,1H3,(H,20,21). The molecule has 0 saturated carbocycles. The van der Waals surface area contributed by atoms with E-state index in [4.69, 9.17) is 9.63 Å². The van der Waals surface area contributed by atoms with Gasteiger partial charge in [0.1, 0.15) is 5.69 Å². The van der Waals surface area contributed by atoms with Crippen LogP contribution in [-0.2, 0) is 4.79 Å². The van der Waals surface area contributed by atoms with E-state index in [1.165, 1.54) is 4.90 Å². The molecule has 1 saturated heterocycles. The first kappa shape index (κ1) is 14.3. The third kappa shape index (κ3) is 2.72. The molecule has 0 bridgehead atoms. The molecule has 1 amide bonds. The van der Waals surface area contributed by atoms with E-state index < -0.39 is 11.9 Å². The number of carbonyl (C=O) groups is 2. The molecule has 1 atom stereocenters. The summed E-state index contributed by atoms with van der Waals surface area (Å²) in [6, 6.07) is 9.35. The van der Waals surface area contributed by atoms with Gasteiger partial charge < -0.3 is 14.5 Å². The summed E-state index contributed by atoms with van der Waals surface area (Å²) in [5, 5.41) is 12.9. The highest BCUT2D eigenvalue weighted by molar-refractivity contribution is 5.93. The van der Waals surface area contributed by atoms with Crippen LogP contribution in [0.3, 0.4) is 0 Å². The number of rotatable bonds is 3. The number of aryl methyl sites for hydroxylation is 1. The predicted octanol–water partition coefficient (Wildman–Crippen LogP) is 2.20. The minimum absolute atomic E-state index is 0.140. The summed E-state index contributed by atoms with van der Waals surface area (Å²) >= 11 is 0. The van der Waals surface area contributed by atoms with Gasteiger partial charge >= 0.3 is 5.97 Å². The Hall–Kier alpha value is -2.63. The third-order valence-electron chi connectivity index (χ3n) is 3.89. The molecule has 0 spiro atoms. The van der Waals surface area contributed by atoms with Crippen LogP contribution >= 0.6 is 0 Å². The van der Waals surface area contributed by atoms with Crippen LogP contribution in [0.5, 0.6) is 0 Å². The average molecular weight is 300 g/mol. The molecule has 2 aromatic rings. The lowest BCUT2D eigenvalue weighted by Crippen LogP contribution is -2.29. The van der Waals surface area contributed by atoms with Gasteiger partial charge in [0.15, 0.2) is 0 Å². The fraction of sp³-hybridized carbons (Fsp3) is 0.312. The van der Waals surface area contributed by atoms with Gasteiger partial charge in [-0.25, -0.2) is 0 Å². The molecule has 1 N–H and O–H groups in total. The smallest absolute Gasteiger partial charge is 0.308 e. The zero-order chi connectivity index (χ0) is 15.7. The second-order valence-electron chi connectivity index (χ2n) is 5.52. The van der Waals surface area contributed by atoms with Crippen LogP contribution in [0.25, 0.3) is 11.3 Å². The number of carbonyl (C=O) groups excluding carboxylic acids is 1. The molecule has 0 aliphatic carbocycles. The van der Waals surface area contributed by atoms with E-state index in [0.29, 0.717) is 18.7 Å². The van der Waals surface area contributed by atoms with Crippen LogP contribution in [0.15, 0.2) is 34.9 Å². The van der Waals surface area contributed by atoms with E-state index in [-0.39, 0.29) is 18.2 Å². The number of aromatic nitrogens is 1. The van der Waals surface area contributed by atoms with E-state index >= 15 is 0 Å². The molecule has 114 valence electrons. The van der Waals surface area contributed by atoms with Crippen molar-refractivity contribution in [2.45, 2.75) is 13.3 Å². The fourth-order valence-electron chi connectivity index (χ4n) is 2.54. The Morgan fingerprint density at radius 3 is 2.68 bits per heavy atom. The minimum atomic E-state index is -0.867. The van der Waals surface area contributed by atoms with Gasteiger partial charge in [-0.05, 0) is 13.3 Å². The molecular weight excluding hydrogens is 284 g/mol. The number of hydrogen-bond acceptors (Lipinski definition) is 4. The van der Waals surface area contributed by atoms with Crippen LogP contribution in [0, 0.1) is 12.8 Å². The Morgan fingerprint density at radius 1 is 1.32 bits per heavy atom. The van der Waals surface area contributed by atoms with Crippen molar-refractivity contribution in [3.8, 4) is 11.3 Å². The fourth-order valence-corrected chi connectivity index (χ4v) is 2.54. The van der Waals surface area contributed by atoms with Crippen molar-refractivity contribution in [3.63, 3.8) is 0 Å². The van der Waals surface area contributed by atoms with E-state index in [1.54, 1.807) is 6.07 Å². The second-order valence-corrected chi connectivity index (χ2v) is 5.52. The number of amides is 1. The van der Waals surface area contributed by atoms with Crippen LogP contribution in [0.4, 0.5) is 0 Å². The number of benzene rings is 1. The molecule has 22 heavy (non-hydrogen) atoms. The summed E-state index contributed by atoms with van der Waals surface area (Å²) in [6.45, 7) is 2.64. The zero-order valence-corrected chi connectivity index (χ0v) is 12.2. The SMILES string of the molecule is Cc1ccc(-c2cc(C(=O)N3CCC(C(=O)O)C3)on2)cc1. The molecule has 1 aliphatic rings. The quantitative estimate of drug-likeness (QED) is 0.939. The van der Waals surface area contributed by atoms with E-state index in [9.17, 15) is 9.59 Å². The highest BCUT2D eigenvalue weighted by Crippen LogP contribution is 2.23. The van der Waals surface area contributed by atoms with Gasteiger partial charge in [0.25, 0.3) is 5.91 Å². The van der Waals surface area contributed by atoms with Crippen LogP contribution in [0.2, 0.25) is 0 Å². The molecular formula is C16H16N2O4. The molecule has 1 unspecified atom stereocenters. The molecule has 6 heteroatoms. The van der Waals surface area contributed by atoms with Crippen molar-refractivity contribution in [1.82, 2.24) is 10.1 Å². The summed E-state index contributed by atoms with van der Waals surface area (Å²) < 4.78 is 5.13. The Labute approximate surface area is 127 Å². The van der Waals surface area contributed by atoms with Crippen LogP contribution < -0.4 is 0 Å². The number of aliphatic carboxylic acids is 1. The highest BCUT2D eigenvalue weighted by Gasteiger charge is 2.32. The topological polar surface area (TPSA) is 83.6 Å². The van der Waals surface area contributed by atoms with Crippen molar-refractivity contribution in [3.05, 3.63) is 41.7 Å². The maximum Gasteiger partial charge on any atom is 0.308 e. The van der Waals surface area contributed by atoms with E-state index in [0.717, 1.165) is 11.1 Å². The summed E-state index contributed by atoms with van der Waals surface area (Å²) in [4.78, 5) is 24.8. The Bertz CT molecular complexity index is 705. The van der Waals surface area contributed by atoms with Crippen molar-refractivity contribution in [2.24, 2.45) is 5.92 Å². The molecule has 6 nitrogen and oxygen atoms in total. The number of likely N-dealkylation sites (tertiary alicyclic amines) is 1. The van der Waals surface area contributed by atoms with Gasteiger partial charge in [-0.2, -0.15) is 0 Å². The lowest BCUT2D eigenvalue weighted by Gasteiger charge is -2.12. The van der Waals surface area contributed by atoms with Crippen molar-refractivity contribution >= 4 is 11.9 Å². The molecule has 3 rings (SSSR count). The second kappa shape index (κ2) is 5.63. The first-order valence-electron chi connectivity index (χ1n) is 7.10. The van der Waals surface area contributed by atoms with Gasteiger partial charge in [0.2, 0.25) is 5.76 Å².